The molecule has 0 heterocycles. The van der Waals surface area contributed by atoms with Crippen molar-refractivity contribution in [1.82, 2.24) is 0 Å². The molecule has 0 saturated heterocycles. The molecular weight excluding hydrogens is 899 g/mol. The molecule has 9 nitrogen and oxygen atoms in total. The Morgan fingerprint density at radius 1 is 0.361 bits per heavy atom. The summed E-state index contributed by atoms with van der Waals surface area (Å²) >= 11 is 0. The first kappa shape index (κ1) is 70.3. The van der Waals surface area contributed by atoms with Crippen LogP contribution in [0.15, 0.2) is 0 Å². The van der Waals surface area contributed by atoms with Crippen molar-refractivity contribution in [3.8, 4) is 0 Å². The minimum Gasteiger partial charge on any atom is -0.477 e. The molecular formula is C63H124NO8+. The summed E-state index contributed by atoms with van der Waals surface area (Å²) in [5.74, 6) is -1.97. The van der Waals surface area contributed by atoms with Crippen LogP contribution < -0.4 is 0 Å². The number of ether oxygens (including phenoxy) is 4. The van der Waals surface area contributed by atoms with Gasteiger partial charge in [0.05, 0.1) is 34.4 Å². The van der Waals surface area contributed by atoms with Gasteiger partial charge in [0.25, 0.3) is 6.29 Å². The monoisotopic (exact) mass is 1020 g/mol. The standard InChI is InChI=1S/C63H123NO8/c1-6-8-10-12-14-16-18-20-21-22-23-24-25-26-27-28-29-30-31-32-33-34-35-36-37-38-39-40-42-44-46-48-50-52-54-61(66)72-59(58-71-63(62(67)68)69-56-55-64(3,4)5)57-70-60(65)53-51-49-47-45-43-41-19-17-15-13-11-9-7-2/h59,63H,6-58H2,1-5H3/p+1. The van der Waals surface area contributed by atoms with Crippen LogP contribution in [0.1, 0.15) is 328 Å². The van der Waals surface area contributed by atoms with Crippen molar-refractivity contribution in [1.29, 1.82) is 0 Å². The van der Waals surface area contributed by atoms with Crippen LogP contribution in [0.3, 0.4) is 0 Å². The van der Waals surface area contributed by atoms with Crippen molar-refractivity contribution in [2.75, 3.05) is 47.5 Å². The fourth-order valence-corrected chi connectivity index (χ4v) is 9.72. The summed E-state index contributed by atoms with van der Waals surface area (Å²) in [7, 11) is 5.98. The van der Waals surface area contributed by atoms with Crippen LogP contribution in [0.25, 0.3) is 0 Å². The fraction of sp³-hybridized carbons (Fsp3) is 0.952. The first-order valence-corrected chi connectivity index (χ1v) is 31.7. The van der Waals surface area contributed by atoms with Gasteiger partial charge in [-0.3, -0.25) is 9.59 Å². The summed E-state index contributed by atoms with van der Waals surface area (Å²) in [4.78, 5) is 37.4. The molecule has 0 amide bonds. The number of carbonyl (C=O) groups is 3. The highest BCUT2D eigenvalue weighted by molar-refractivity contribution is 5.71. The van der Waals surface area contributed by atoms with Crippen LogP contribution in [0.5, 0.6) is 0 Å². The highest BCUT2D eigenvalue weighted by atomic mass is 16.7. The lowest BCUT2D eigenvalue weighted by Gasteiger charge is -2.25. The van der Waals surface area contributed by atoms with E-state index in [-0.39, 0.29) is 38.2 Å². The molecule has 0 aromatic rings. The number of carbonyl (C=O) groups excluding carboxylic acids is 2. The van der Waals surface area contributed by atoms with Crippen LogP contribution in [-0.2, 0) is 33.3 Å². The van der Waals surface area contributed by atoms with E-state index in [2.05, 4.69) is 13.8 Å². The van der Waals surface area contributed by atoms with E-state index in [9.17, 15) is 19.5 Å². The van der Waals surface area contributed by atoms with Crippen molar-refractivity contribution in [2.24, 2.45) is 0 Å². The van der Waals surface area contributed by atoms with E-state index in [1.165, 1.54) is 263 Å². The van der Waals surface area contributed by atoms with Crippen molar-refractivity contribution in [3.63, 3.8) is 0 Å². The molecule has 0 saturated carbocycles. The number of rotatable bonds is 60. The number of carboxylic acid groups (broad SMARTS) is 1. The zero-order valence-corrected chi connectivity index (χ0v) is 48.9. The molecule has 0 radical (unpaired) electrons. The molecule has 428 valence electrons. The number of carboxylic acids is 1. The summed E-state index contributed by atoms with van der Waals surface area (Å²) in [5, 5.41) is 9.69. The summed E-state index contributed by atoms with van der Waals surface area (Å²) in [6.45, 7) is 4.94. The van der Waals surface area contributed by atoms with Gasteiger partial charge in [0.1, 0.15) is 13.2 Å². The molecule has 0 fully saturated rings. The highest BCUT2D eigenvalue weighted by Crippen LogP contribution is 2.19. The maximum absolute atomic E-state index is 12.9. The van der Waals surface area contributed by atoms with Crippen LogP contribution in [0, 0.1) is 0 Å². The van der Waals surface area contributed by atoms with Gasteiger partial charge in [0.2, 0.25) is 0 Å². The Kier molecular flexibility index (Phi) is 54.2. The van der Waals surface area contributed by atoms with Gasteiger partial charge in [-0.25, -0.2) is 4.79 Å². The predicted molar refractivity (Wildman–Crippen MR) is 305 cm³/mol. The molecule has 0 spiro atoms. The first-order chi connectivity index (χ1) is 35.1. The number of esters is 2. The second kappa shape index (κ2) is 55.5. The normalized spacial score (nSPS) is 12.6. The topological polar surface area (TPSA) is 108 Å². The second-order valence-electron chi connectivity index (χ2n) is 23.1. The van der Waals surface area contributed by atoms with E-state index in [0.29, 0.717) is 17.4 Å². The van der Waals surface area contributed by atoms with Gasteiger partial charge >= 0.3 is 17.9 Å². The lowest BCUT2D eigenvalue weighted by Crippen LogP contribution is -2.40. The lowest BCUT2D eigenvalue weighted by molar-refractivity contribution is -0.870. The number of aliphatic carboxylic acids is 1. The van der Waals surface area contributed by atoms with Crippen LogP contribution in [0.2, 0.25) is 0 Å². The molecule has 9 heteroatoms. The zero-order chi connectivity index (χ0) is 52.7. The van der Waals surface area contributed by atoms with E-state index < -0.39 is 18.4 Å². The van der Waals surface area contributed by atoms with E-state index in [0.717, 1.165) is 38.5 Å². The molecule has 0 aliphatic heterocycles. The van der Waals surface area contributed by atoms with Gasteiger partial charge in [-0.1, -0.05) is 303 Å². The fourth-order valence-electron chi connectivity index (χ4n) is 9.72. The van der Waals surface area contributed by atoms with Crippen LogP contribution in [-0.4, -0.2) is 87.4 Å². The molecule has 0 aliphatic carbocycles. The van der Waals surface area contributed by atoms with Gasteiger partial charge in [-0.05, 0) is 12.8 Å². The van der Waals surface area contributed by atoms with Crippen LogP contribution >= 0.6 is 0 Å². The Balaban J connectivity index is 3.96. The SMILES string of the molecule is CCCCCCCCCCCCCCCCCCCCCCCCCCCCCCCCCCCCC(=O)OC(COC(=O)CCCCCCCCCCCCCCC)COC(OCC[N+](C)(C)C)C(=O)O. The molecule has 2 atom stereocenters. The van der Waals surface area contributed by atoms with Gasteiger partial charge in [0.15, 0.2) is 6.10 Å². The zero-order valence-electron chi connectivity index (χ0n) is 48.9. The Bertz CT molecular complexity index is 1140. The number of quaternary nitrogens is 1. The van der Waals surface area contributed by atoms with E-state index in [1.54, 1.807) is 0 Å². The van der Waals surface area contributed by atoms with Crippen molar-refractivity contribution < 1.29 is 42.9 Å². The average Bonchev–Trinajstić information content (AvgIpc) is 3.35. The van der Waals surface area contributed by atoms with Gasteiger partial charge in [-0.15, -0.1) is 0 Å². The average molecular weight is 1020 g/mol. The second-order valence-corrected chi connectivity index (χ2v) is 23.1. The Morgan fingerprint density at radius 2 is 0.625 bits per heavy atom. The highest BCUT2D eigenvalue weighted by Gasteiger charge is 2.25. The third kappa shape index (κ3) is 56.0. The van der Waals surface area contributed by atoms with Crippen molar-refractivity contribution >= 4 is 17.9 Å². The molecule has 0 aromatic heterocycles. The van der Waals surface area contributed by atoms with Gasteiger partial charge < -0.3 is 28.5 Å². The molecule has 0 aliphatic rings. The minimum atomic E-state index is -1.50. The largest absolute Gasteiger partial charge is 0.477 e. The van der Waals surface area contributed by atoms with Gasteiger partial charge in [-0.2, -0.15) is 0 Å². The number of likely N-dealkylation sites (N-methyl/N-ethyl adjacent to an activating group) is 1. The summed E-state index contributed by atoms with van der Waals surface area (Å²) < 4.78 is 22.9. The molecule has 0 bridgehead atoms. The first-order valence-electron chi connectivity index (χ1n) is 31.7. The van der Waals surface area contributed by atoms with Crippen LogP contribution in [0.4, 0.5) is 0 Å². The predicted octanol–water partition coefficient (Wildman–Crippen LogP) is 18.7. The number of hydrogen-bond acceptors (Lipinski definition) is 7. The Morgan fingerprint density at radius 3 is 0.889 bits per heavy atom. The number of nitrogens with zero attached hydrogens (tertiary/aromatic N) is 1. The van der Waals surface area contributed by atoms with Crippen molar-refractivity contribution in [3.05, 3.63) is 0 Å². The summed E-state index contributed by atoms with van der Waals surface area (Å²) in [6, 6.07) is 0. The van der Waals surface area contributed by atoms with E-state index in [4.69, 9.17) is 18.9 Å². The molecule has 1 N–H and O–H groups in total. The molecule has 2 unspecified atom stereocenters. The smallest absolute Gasteiger partial charge is 0.361 e. The molecule has 0 aromatic carbocycles. The quantitative estimate of drug-likeness (QED) is 0.0278. The third-order valence-electron chi connectivity index (χ3n) is 14.6. The molecule has 0 rings (SSSR count). The van der Waals surface area contributed by atoms with Crippen molar-refractivity contribution in [2.45, 2.75) is 341 Å². The number of hydrogen-bond donors (Lipinski definition) is 1. The summed E-state index contributed by atoms with van der Waals surface area (Å²) in [5.41, 5.74) is 0. The van der Waals surface area contributed by atoms with E-state index >= 15 is 0 Å². The third-order valence-corrected chi connectivity index (χ3v) is 14.6. The molecule has 72 heavy (non-hydrogen) atoms. The Labute approximate surface area is 447 Å². The minimum absolute atomic E-state index is 0.173. The maximum atomic E-state index is 12.9. The van der Waals surface area contributed by atoms with E-state index in [1.807, 2.05) is 21.1 Å². The Hall–Kier alpha value is -1.71. The lowest BCUT2D eigenvalue weighted by atomic mass is 10.0. The summed E-state index contributed by atoms with van der Waals surface area (Å²) in [6.07, 6.45) is 60.8. The maximum Gasteiger partial charge on any atom is 0.361 e. The number of unbranched alkanes of at least 4 members (excludes halogenated alkanes) is 45. The van der Waals surface area contributed by atoms with Gasteiger partial charge in [0, 0.05) is 12.8 Å².